The van der Waals surface area contributed by atoms with Crippen LogP contribution in [-0.4, -0.2) is 6.04 Å². The van der Waals surface area contributed by atoms with Crippen LogP contribution < -0.4 is 5.32 Å². The van der Waals surface area contributed by atoms with Crippen LogP contribution in [0.2, 0.25) is 0 Å². The maximum Gasteiger partial charge on any atom is 0.0249 e. The van der Waals surface area contributed by atoms with Crippen molar-refractivity contribution in [1.82, 2.24) is 5.32 Å². The second-order valence-corrected chi connectivity index (χ2v) is 5.90. The monoisotopic (exact) mass is 249 g/mol. The Morgan fingerprint density at radius 2 is 1.89 bits per heavy atom. The van der Waals surface area contributed by atoms with Gasteiger partial charge in [-0.1, -0.05) is 48.0 Å². The van der Waals surface area contributed by atoms with Gasteiger partial charge in [-0.15, -0.1) is 0 Å². The Labute approximate surface area is 114 Å². The predicted octanol–water partition coefficient (Wildman–Crippen LogP) is 3.54. The van der Waals surface area contributed by atoms with Gasteiger partial charge in [0.2, 0.25) is 0 Å². The summed E-state index contributed by atoms with van der Waals surface area (Å²) in [4.78, 5) is 0. The topological polar surface area (TPSA) is 12.0 Å². The second kappa shape index (κ2) is 4.21. The van der Waals surface area contributed by atoms with Crippen LogP contribution in [0.1, 0.15) is 40.2 Å². The molecule has 1 aliphatic carbocycles. The average Bonchev–Trinajstić information content (AvgIpc) is 2.46. The summed E-state index contributed by atoms with van der Waals surface area (Å²) in [6, 6.07) is 16.5. The Kier molecular flexibility index (Phi) is 2.49. The van der Waals surface area contributed by atoms with E-state index < -0.39 is 0 Å². The van der Waals surface area contributed by atoms with Crippen LogP contribution in [0.25, 0.3) is 0 Å². The molecule has 0 amide bonds. The molecule has 2 aliphatic rings. The number of hydrogen-bond acceptors (Lipinski definition) is 1. The van der Waals surface area contributed by atoms with Crippen LogP contribution in [0.15, 0.2) is 42.5 Å². The van der Waals surface area contributed by atoms with Crippen molar-refractivity contribution in [2.75, 3.05) is 0 Å². The van der Waals surface area contributed by atoms with Crippen LogP contribution in [-0.2, 0) is 13.0 Å². The van der Waals surface area contributed by atoms with Crippen molar-refractivity contribution in [3.8, 4) is 0 Å². The Morgan fingerprint density at radius 3 is 2.84 bits per heavy atom. The second-order valence-electron chi connectivity index (χ2n) is 5.90. The van der Waals surface area contributed by atoms with E-state index in [-0.39, 0.29) is 0 Å². The number of benzene rings is 2. The van der Waals surface area contributed by atoms with Gasteiger partial charge in [0.05, 0.1) is 0 Å². The van der Waals surface area contributed by atoms with Gasteiger partial charge in [0, 0.05) is 18.5 Å². The zero-order valence-electron chi connectivity index (χ0n) is 11.3. The van der Waals surface area contributed by atoms with E-state index in [9.17, 15) is 0 Å². The van der Waals surface area contributed by atoms with Crippen LogP contribution in [0.5, 0.6) is 0 Å². The summed E-state index contributed by atoms with van der Waals surface area (Å²) >= 11 is 0. The standard InChI is InChI=1S/C18H19N/c1-12-6-7-14-11-19-17-9-8-13-4-2-3-5-15(13)18(17)16(14)10-12/h2-7,10,17-19H,8-9,11H2,1H3. The molecule has 1 heteroatoms. The highest BCUT2D eigenvalue weighted by atomic mass is 14.9. The number of aryl methyl sites for hydroxylation is 2. The first-order valence-corrected chi connectivity index (χ1v) is 7.23. The molecule has 19 heavy (non-hydrogen) atoms. The zero-order chi connectivity index (χ0) is 12.8. The Balaban J connectivity index is 1.92. The predicted molar refractivity (Wildman–Crippen MR) is 78.4 cm³/mol. The first-order chi connectivity index (χ1) is 9.33. The molecule has 2 atom stereocenters. The van der Waals surface area contributed by atoms with E-state index >= 15 is 0 Å². The first-order valence-electron chi connectivity index (χ1n) is 7.23. The Bertz CT molecular complexity index is 629. The smallest absolute Gasteiger partial charge is 0.0249 e. The summed E-state index contributed by atoms with van der Waals surface area (Å²) in [6.45, 7) is 3.23. The third kappa shape index (κ3) is 1.73. The van der Waals surface area contributed by atoms with E-state index in [2.05, 4.69) is 54.7 Å². The fourth-order valence-corrected chi connectivity index (χ4v) is 3.77. The van der Waals surface area contributed by atoms with E-state index in [1.807, 2.05) is 0 Å². The third-order valence-corrected chi connectivity index (χ3v) is 4.71. The molecule has 1 N–H and O–H groups in total. The van der Waals surface area contributed by atoms with Gasteiger partial charge in [0.1, 0.15) is 0 Å². The molecule has 0 saturated heterocycles. The molecule has 0 fully saturated rings. The van der Waals surface area contributed by atoms with E-state index in [0.29, 0.717) is 12.0 Å². The number of rotatable bonds is 0. The minimum Gasteiger partial charge on any atom is -0.309 e. The quantitative estimate of drug-likeness (QED) is 0.753. The van der Waals surface area contributed by atoms with Crippen molar-refractivity contribution in [1.29, 1.82) is 0 Å². The lowest BCUT2D eigenvalue weighted by Crippen LogP contribution is -2.42. The van der Waals surface area contributed by atoms with Crippen molar-refractivity contribution in [2.24, 2.45) is 0 Å². The summed E-state index contributed by atoms with van der Waals surface area (Å²) in [7, 11) is 0. The van der Waals surface area contributed by atoms with E-state index in [4.69, 9.17) is 0 Å². The molecular formula is C18H19N. The molecular weight excluding hydrogens is 230 g/mol. The van der Waals surface area contributed by atoms with E-state index in [1.54, 1.807) is 11.1 Å². The average molecular weight is 249 g/mol. The highest BCUT2D eigenvalue weighted by Crippen LogP contribution is 2.40. The minimum absolute atomic E-state index is 0.550. The van der Waals surface area contributed by atoms with Gasteiger partial charge in [0.25, 0.3) is 0 Å². The van der Waals surface area contributed by atoms with Gasteiger partial charge in [-0.05, 0) is 42.0 Å². The Morgan fingerprint density at radius 1 is 1.00 bits per heavy atom. The first kappa shape index (κ1) is 11.2. The fraction of sp³-hybridized carbons (Fsp3) is 0.333. The number of nitrogens with one attached hydrogen (secondary N) is 1. The molecule has 0 saturated carbocycles. The van der Waals surface area contributed by atoms with Gasteiger partial charge in [-0.25, -0.2) is 0 Å². The van der Waals surface area contributed by atoms with Gasteiger partial charge < -0.3 is 5.32 Å². The van der Waals surface area contributed by atoms with Crippen molar-refractivity contribution < 1.29 is 0 Å². The lowest BCUT2D eigenvalue weighted by Gasteiger charge is -2.39. The molecule has 1 heterocycles. The molecule has 1 aliphatic heterocycles. The summed E-state index contributed by atoms with van der Waals surface area (Å²) in [6.07, 6.45) is 2.47. The Hall–Kier alpha value is -1.60. The summed E-state index contributed by atoms with van der Waals surface area (Å²) in [5.74, 6) is 0.550. The molecule has 4 rings (SSSR count). The number of hydrogen-bond donors (Lipinski definition) is 1. The summed E-state index contributed by atoms with van der Waals surface area (Å²) in [5.41, 5.74) is 7.49. The maximum atomic E-state index is 3.74. The highest BCUT2D eigenvalue weighted by molar-refractivity contribution is 5.47. The molecule has 96 valence electrons. The van der Waals surface area contributed by atoms with Crippen molar-refractivity contribution >= 4 is 0 Å². The molecule has 2 unspecified atom stereocenters. The van der Waals surface area contributed by atoms with Gasteiger partial charge in [-0.3, -0.25) is 0 Å². The summed E-state index contributed by atoms with van der Waals surface area (Å²) in [5, 5.41) is 3.74. The van der Waals surface area contributed by atoms with Gasteiger partial charge in [-0.2, -0.15) is 0 Å². The fourth-order valence-electron chi connectivity index (χ4n) is 3.77. The normalized spacial score (nSPS) is 24.3. The van der Waals surface area contributed by atoms with Gasteiger partial charge >= 0.3 is 0 Å². The van der Waals surface area contributed by atoms with Crippen molar-refractivity contribution in [3.63, 3.8) is 0 Å². The molecule has 0 radical (unpaired) electrons. The maximum absolute atomic E-state index is 3.74. The molecule has 0 spiro atoms. The molecule has 2 aromatic carbocycles. The number of fused-ring (bicyclic) bond motifs is 5. The highest BCUT2D eigenvalue weighted by Gasteiger charge is 2.34. The lowest BCUT2D eigenvalue weighted by atomic mass is 9.72. The minimum atomic E-state index is 0.550. The molecule has 0 aromatic heterocycles. The SMILES string of the molecule is Cc1ccc2c(c1)C1c3ccccc3CCC1NC2. The van der Waals surface area contributed by atoms with Crippen molar-refractivity contribution in [3.05, 3.63) is 70.3 Å². The lowest BCUT2D eigenvalue weighted by molar-refractivity contribution is 0.394. The molecule has 0 bridgehead atoms. The molecule has 2 aromatic rings. The van der Waals surface area contributed by atoms with E-state index in [1.165, 1.54) is 29.5 Å². The molecule has 1 nitrogen and oxygen atoms in total. The zero-order valence-corrected chi connectivity index (χ0v) is 11.3. The van der Waals surface area contributed by atoms with Crippen molar-refractivity contribution in [2.45, 2.75) is 38.3 Å². The third-order valence-electron chi connectivity index (χ3n) is 4.71. The largest absolute Gasteiger partial charge is 0.309 e. The summed E-state index contributed by atoms with van der Waals surface area (Å²) < 4.78 is 0. The van der Waals surface area contributed by atoms with Crippen LogP contribution in [0, 0.1) is 6.92 Å². The van der Waals surface area contributed by atoms with Gasteiger partial charge in [0.15, 0.2) is 0 Å². The van der Waals surface area contributed by atoms with E-state index in [0.717, 1.165) is 6.54 Å². The van der Waals surface area contributed by atoms with Crippen LogP contribution in [0.4, 0.5) is 0 Å². The van der Waals surface area contributed by atoms with Crippen LogP contribution in [0.3, 0.4) is 0 Å². The van der Waals surface area contributed by atoms with Crippen LogP contribution >= 0.6 is 0 Å².